The van der Waals surface area contributed by atoms with Crippen LogP contribution in [0.4, 0.5) is 21.6 Å². The normalized spacial score (nSPS) is 15.3. The maximum atomic E-state index is 13.0. The second-order valence-electron chi connectivity index (χ2n) is 6.14. The number of carbonyl (C=O) groups excluding carboxylic acids is 1. The number of carbonyl (C=O) groups is 1. The first kappa shape index (κ1) is 23.0. The molecule has 1 aliphatic rings. The van der Waals surface area contributed by atoms with Crippen LogP contribution in [0.3, 0.4) is 0 Å². The van der Waals surface area contributed by atoms with E-state index in [4.69, 9.17) is 5.73 Å². The highest BCUT2D eigenvalue weighted by molar-refractivity contribution is 5.94. The Morgan fingerprint density at radius 3 is 2.30 bits per heavy atom. The quantitative estimate of drug-likeness (QED) is 0.802. The van der Waals surface area contributed by atoms with E-state index in [0.29, 0.717) is 11.5 Å². The van der Waals surface area contributed by atoms with Crippen molar-refractivity contribution in [1.82, 2.24) is 9.88 Å². The second kappa shape index (κ2) is 10.3. The minimum Gasteiger partial charge on any atom is -0.384 e. The standard InChI is InChI=1S/C18H22FN5O.2ClH/c1-13(18(25)22-15-4-7-17(20)21-12-15)23-8-10-24(11-9-23)16-5-2-14(19)3-6-16;;/h2-7,12-13H,8-11H2,1H3,(H2,20,21)(H,22,25);2*1H. The molecule has 1 unspecified atom stereocenters. The van der Waals surface area contributed by atoms with Gasteiger partial charge in [-0.2, -0.15) is 0 Å². The molecule has 1 aromatic heterocycles. The van der Waals surface area contributed by atoms with Crippen LogP contribution < -0.4 is 16.0 Å². The molecule has 27 heavy (non-hydrogen) atoms. The molecule has 3 rings (SSSR count). The van der Waals surface area contributed by atoms with Gasteiger partial charge in [0.1, 0.15) is 11.6 Å². The zero-order valence-corrected chi connectivity index (χ0v) is 16.6. The maximum Gasteiger partial charge on any atom is 0.241 e. The minimum atomic E-state index is -0.243. The third kappa shape index (κ3) is 5.95. The lowest BCUT2D eigenvalue weighted by Gasteiger charge is -2.38. The van der Waals surface area contributed by atoms with Crippen LogP contribution in [-0.2, 0) is 4.79 Å². The van der Waals surface area contributed by atoms with Gasteiger partial charge in [0.05, 0.1) is 17.9 Å². The Morgan fingerprint density at radius 1 is 1.11 bits per heavy atom. The lowest BCUT2D eigenvalue weighted by atomic mass is 10.2. The fraction of sp³-hybridized carbons (Fsp3) is 0.333. The smallest absolute Gasteiger partial charge is 0.241 e. The number of nitrogen functional groups attached to an aromatic ring is 1. The van der Waals surface area contributed by atoms with Crippen LogP contribution in [0, 0.1) is 5.82 Å². The Kier molecular flexibility index (Phi) is 8.75. The predicted octanol–water partition coefficient (Wildman–Crippen LogP) is 2.80. The molecule has 1 aromatic carbocycles. The van der Waals surface area contributed by atoms with Crippen molar-refractivity contribution in [3.8, 4) is 0 Å². The highest BCUT2D eigenvalue weighted by Gasteiger charge is 2.25. The van der Waals surface area contributed by atoms with Gasteiger partial charge in [0.15, 0.2) is 0 Å². The molecule has 0 bridgehead atoms. The number of piperazine rings is 1. The van der Waals surface area contributed by atoms with Crippen LogP contribution in [0.2, 0.25) is 0 Å². The van der Waals surface area contributed by atoms with E-state index in [1.54, 1.807) is 30.5 Å². The van der Waals surface area contributed by atoms with Gasteiger partial charge in [-0.3, -0.25) is 9.69 Å². The number of nitrogens with one attached hydrogen (secondary N) is 1. The zero-order valence-electron chi connectivity index (χ0n) is 15.0. The first-order valence-electron chi connectivity index (χ1n) is 8.30. The van der Waals surface area contributed by atoms with E-state index in [1.807, 2.05) is 6.92 Å². The van der Waals surface area contributed by atoms with Crippen molar-refractivity contribution in [1.29, 1.82) is 0 Å². The van der Waals surface area contributed by atoms with Gasteiger partial charge in [-0.25, -0.2) is 9.37 Å². The van der Waals surface area contributed by atoms with E-state index in [-0.39, 0.29) is 42.6 Å². The maximum absolute atomic E-state index is 13.0. The number of benzene rings is 1. The number of nitrogens with two attached hydrogens (primary N) is 1. The molecule has 1 amide bonds. The van der Waals surface area contributed by atoms with Crippen LogP contribution in [0.15, 0.2) is 42.6 Å². The van der Waals surface area contributed by atoms with Crippen molar-refractivity contribution in [2.75, 3.05) is 42.1 Å². The van der Waals surface area contributed by atoms with Crippen molar-refractivity contribution in [2.24, 2.45) is 0 Å². The molecule has 1 saturated heterocycles. The summed E-state index contributed by atoms with van der Waals surface area (Å²) in [5.41, 5.74) is 7.19. The Morgan fingerprint density at radius 2 is 1.74 bits per heavy atom. The molecule has 6 nitrogen and oxygen atoms in total. The van der Waals surface area contributed by atoms with Gasteiger partial charge in [0.2, 0.25) is 5.91 Å². The van der Waals surface area contributed by atoms with E-state index < -0.39 is 0 Å². The minimum absolute atomic E-state index is 0. The second-order valence-corrected chi connectivity index (χ2v) is 6.14. The van der Waals surface area contributed by atoms with Gasteiger partial charge < -0.3 is 16.0 Å². The Balaban J connectivity index is 0.00000182. The molecule has 2 heterocycles. The third-order valence-corrected chi connectivity index (χ3v) is 4.49. The highest BCUT2D eigenvalue weighted by Crippen LogP contribution is 2.18. The Bertz CT molecular complexity index is 722. The van der Waals surface area contributed by atoms with Gasteiger partial charge in [0, 0.05) is 31.9 Å². The van der Waals surface area contributed by atoms with E-state index in [9.17, 15) is 9.18 Å². The van der Waals surface area contributed by atoms with Crippen molar-refractivity contribution < 1.29 is 9.18 Å². The van der Waals surface area contributed by atoms with Crippen LogP contribution in [0.5, 0.6) is 0 Å². The monoisotopic (exact) mass is 415 g/mol. The number of amides is 1. The lowest BCUT2D eigenvalue weighted by molar-refractivity contribution is -0.120. The van der Waals surface area contributed by atoms with E-state index in [2.05, 4.69) is 20.1 Å². The van der Waals surface area contributed by atoms with Gasteiger partial charge >= 0.3 is 0 Å². The summed E-state index contributed by atoms with van der Waals surface area (Å²) in [7, 11) is 0. The van der Waals surface area contributed by atoms with Crippen LogP contribution in [0.25, 0.3) is 0 Å². The van der Waals surface area contributed by atoms with Gasteiger partial charge in [-0.1, -0.05) is 0 Å². The number of nitrogens with zero attached hydrogens (tertiary/aromatic N) is 3. The van der Waals surface area contributed by atoms with E-state index in [0.717, 1.165) is 31.9 Å². The fourth-order valence-corrected chi connectivity index (χ4v) is 2.91. The SMILES string of the molecule is CC(C(=O)Nc1ccc(N)nc1)N1CCN(c2ccc(F)cc2)CC1.Cl.Cl. The summed E-state index contributed by atoms with van der Waals surface area (Å²) in [6, 6.07) is 9.66. The average molecular weight is 416 g/mol. The fourth-order valence-electron chi connectivity index (χ4n) is 2.91. The number of rotatable bonds is 4. The predicted molar refractivity (Wildman–Crippen MR) is 111 cm³/mol. The number of hydrogen-bond acceptors (Lipinski definition) is 5. The summed E-state index contributed by atoms with van der Waals surface area (Å²) in [4.78, 5) is 20.7. The van der Waals surface area contributed by atoms with Gasteiger partial charge in [0.25, 0.3) is 0 Å². The Hall–Kier alpha value is -2.09. The molecule has 1 atom stereocenters. The summed E-state index contributed by atoms with van der Waals surface area (Å²) in [6.45, 7) is 5.03. The topological polar surface area (TPSA) is 74.5 Å². The summed E-state index contributed by atoms with van der Waals surface area (Å²) in [6.07, 6.45) is 1.55. The van der Waals surface area contributed by atoms with E-state index in [1.165, 1.54) is 12.1 Å². The van der Waals surface area contributed by atoms with Crippen LogP contribution >= 0.6 is 24.8 Å². The Labute approximate surface area is 170 Å². The molecule has 1 aliphatic heterocycles. The first-order valence-corrected chi connectivity index (χ1v) is 8.30. The van der Waals surface area contributed by atoms with Gasteiger partial charge in [-0.05, 0) is 43.3 Å². The van der Waals surface area contributed by atoms with Crippen LogP contribution in [0.1, 0.15) is 6.92 Å². The lowest BCUT2D eigenvalue weighted by Crippen LogP contribution is -2.52. The summed E-state index contributed by atoms with van der Waals surface area (Å²) in [5.74, 6) is 0.120. The molecule has 9 heteroatoms. The number of hydrogen-bond donors (Lipinski definition) is 2. The zero-order chi connectivity index (χ0) is 17.8. The van der Waals surface area contributed by atoms with Crippen molar-refractivity contribution >= 4 is 47.9 Å². The molecule has 1 fully saturated rings. The number of halogens is 3. The largest absolute Gasteiger partial charge is 0.384 e. The molecule has 3 N–H and O–H groups in total. The summed E-state index contributed by atoms with van der Waals surface area (Å²) in [5, 5.41) is 2.86. The van der Waals surface area contributed by atoms with Crippen LogP contribution in [-0.4, -0.2) is 48.0 Å². The van der Waals surface area contributed by atoms with Crippen molar-refractivity contribution in [3.05, 3.63) is 48.4 Å². The van der Waals surface area contributed by atoms with E-state index >= 15 is 0 Å². The van der Waals surface area contributed by atoms with Crippen molar-refractivity contribution in [2.45, 2.75) is 13.0 Å². The third-order valence-electron chi connectivity index (χ3n) is 4.49. The molecule has 0 saturated carbocycles. The summed E-state index contributed by atoms with van der Waals surface area (Å²) < 4.78 is 13.0. The average Bonchev–Trinajstić information content (AvgIpc) is 2.64. The molecule has 0 spiro atoms. The molecule has 0 aliphatic carbocycles. The molecule has 148 valence electrons. The van der Waals surface area contributed by atoms with Gasteiger partial charge in [-0.15, -0.1) is 24.8 Å². The highest BCUT2D eigenvalue weighted by atomic mass is 35.5. The molecule has 2 aromatic rings. The molecular formula is C18H24Cl2FN5O. The first-order chi connectivity index (χ1) is 12.0. The number of pyridine rings is 1. The number of anilines is 3. The van der Waals surface area contributed by atoms with Crippen molar-refractivity contribution in [3.63, 3.8) is 0 Å². The summed E-state index contributed by atoms with van der Waals surface area (Å²) >= 11 is 0. The number of aromatic nitrogens is 1. The molecular weight excluding hydrogens is 392 g/mol. The molecule has 0 radical (unpaired) electrons.